The van der Waals surface area contributed by atoms with E-state index in [0.717, 1.165) is 38.5 Å². The third kappa shape index (κ3) is 23.8. The normalized spacial score (nSPS) is 20.1. The van der Waals surface area contributed by atoms with Gasteiger partial charge in [-0.3, -0.25) is 19.2 Å². The maximum atomic E-state index is 13.9. The van der Waals surface area contributed by atoms with Gasteiger partial charge in [0.15, 0.2) is 6.23 Å². The van der Waals surface area contributed by atoms with Gasteiger partial charge in [-0.25, -0.2) is 0 Å². The Morgan fingerprint density at radius 1 is 0.607 bits per heavy atom. The Morgan fingerprint density at radius 3 is 1.50 bits per heavy atom. The SMILES string of the molecule is CCCCCCCCCCCCCCCCCC(=O)N(CCCCCCCCCCCC)[C@@H]1O[C@H](CO)[C@@H](O)[C@H](O)[C@@H]1NC(=O)[C@H](C)NC(=O)CCCC(=O)O. The summed E-state index contributed by atoms with van der Waals surface area (Å²) in [5.74, 6) is -2.33. The van der Waals surface area contributed by atoms with Crippen molar-refractivity contribution in [2.75, 3.05) is 13.2 Å². The molecule has 1 heterocycles. The predicted molar refractivity (Wildman–Crippen MR) is 222 cm³/mol. The van der Waals surface area contributed by atoms with Crippen molar-refractivity contribution in [1.82, 2.24) is 15.5 Å². The van der Waals surface area contributed by atoms with E-state index < -0.39 is 61.0 Å². The number of nitrogens with zero attached hydrogens (tertiary/aromatic N) is 1. The Balaban J connectivity index is 2.81. The molecule has 1 saturated heterocycles. The van der Waals surface area contributed by atoms with Crippen molar-refractivity contribution in [2.45, 2.75) is 244 Å². The number of hydrogen-bond acceptors (Lipinski definition) is 8. The fraction of sp³-hybridized carbons (Fsp3) is 0.909. The maximum Gasteiger partial charge on any atom is 0.303 e. The van der Waals surface area contributed by atoms with E-state index in [4.69, 9.17) is 9.84 Å². The average molecular weight is 798 g/mol. The summed E-state index contributed by atoms with van der Waals surface area (Å²) in [5.41, 5.74) is 0. The number of aliphatic carboxylic acids is 1. The average Bonchev–Trinajstić information content (AvgIpc) is 3.17. The highest BCUT2D eigenvalue weighted by Gasteiger charge is 2.48. The first kappa shape index (κ1) is 51.7. The number of unbranched alkanes of at least 4 members (excludes halogenated alkanes) is 23. The fourth-order valence-corrected chi connectivity index (χ4v) is 7.54. The van der Waals surface area contributed by atoms with Crippen molar-refractivity contribution in [3.8, 4) is 0 Å². The molecule has 6 N–H and O–H groups in total. The summed E-state index contributed by atoms with van der Waals surface area (Å²) in [4.78, 5) is 52.0. The second-order valence-corrected chi connectivity index (χ2v) is 16.3. The lowest BCUT2D eigenvalue weighted by atomic mass is 9.94. The van der Waals surface area contributed by atoms with E-state index in [1.54, 1.807) is 4.90 Å². The summed E-state index contributed by atoms with van der Waals surface area (Å²) in [7, 11) is 0. The Morgan fingerprint density at radius 2 is 1.05 bits per heavy atom. The molecule has 0 aromatic carbocycles. The van der Waals surface area contributed by atoms with Gasteiger partial charge in [-0.05, 0) is 26.2 Å². The number of carbonyl (C=O) groups excluding carboxylic acids is 3. The van der Waals surface area contributed by atoms with E-state index in [-0.39, 0.29) is 31.6 Å². The van der Waals surface area contributed by atoms with Gasteiger partial charge in [0.25, 0.3) is 0 Å². The van der Waals surface area contributed by atoms with Gasteiger partial charge in [0.05, 0.1) is 6.61 Å². The number of ether oxygens (including phenoxy) is 1. The fourth-order valence-electron chi connectivity index (χ4n) is 7.54. The zero-order valence-electron chi connectivity index (χ0n) is 35.7. The minimum Gasteiger partial charge on any atom is -0.481 e. The van der Waals surface area contributed by atoms with E-state index in [1.807, 2.05) is 0 Å². The van der Waals surface area contributed by atoms with Gasteiger partial charge in [0, 0.05) is 25.8 Å². The maximum absolute atomic E-state index is 13.9. The van der Waals surface area contributed by atoms with Crippen LogP contribution in [0.2, 0.25) is 0 Å². The summed E-state index contributed by atoms with van der Waals surface area (Å²) < 4.78 is 6.11. The number of aliphatic hydroxyl groups is 3. The van der Waals surface area contributed by atoms with Crippen molar-refractivity contribution in [2.24, 2.45) is 0 Å². The lowest BCUT2D eigenvalue weighted by molar-refractivity contribution is -0.231. The molecule has 0 aromatic rings. The highest BCUT2D eigenvalue weighted by molar-refractivity contribution is 5.87. The summed E-state index contributed by atoms with van der Waals surface area (Å²) in [5, 5.41) is 46.2. The third-order valence-corrected chi connectivity index (χ3v) is 11.1. The molecule has 0 radical (unpaired) electrons. The first-order valence-electron chi connectivity index (χ1n) is 22.8. The van der Waals surface area contributed by atoms with Gasteiger partial charge in [0.1, 0.15) is 30.4 Å². The van der Waals surface area contributed by atoms with Crippen molar-refractivity contribution >= 4 is 23.7 Å². The molecule has 3 amide bonds. The van der Waals surface area contributed by atoms with E-state index in [2.05, 4.69) is 24.5 Å². The monoisotopic (exact) mass is 798 g/mol. The van der Waals surface area contributed by atoms with Crippen LogP contribution >= 0.6 is 0 Å². The van der Waals surface area contributed by atoms with E-state index >= 15 is 0 Å². The molecule has 0 saturated carbocycles. The second-order valence-electron chi connectivity index (χ2n) is 16.3. The zero-order chi connectivity index (χ0) is 41.4. The molecule has 12 nitrogen and oxygen atoms in total. The van der Waals surface area contributed by atoms with Crippen LogP contribution in [0.15, 0.2) is 0 Å². The second kappa shape index (κ2) is 33.7. The van der Waals surface area contributed by atoms with Crippen LogP contribution in [0.5, 0.6) is 0 Å². The molecule has 0 aromatic heterocycles. The number of carboxylic acid groups (broad SMARTS) is 1. The van der Waals surface area contributed by atoms with Crippen molar-refractivity contribution in [3.63, 3.8) is 0 Å². The number of amides is 3. The molecule has 1 aliphatic rings. The molecule has 328 valence electrons. The molecular weight excluding hydrogens is 714 g/mol. The minimum absolute atomic E-state index is 0.0704. The molecule has 0 aliphatic carbocycles. The van der Waals surface area contributed by atoms with Crippen LogP contribution in [0, 0.1) is 0 Å². The van der Waals surface area contributed by atoms with E-state index in [9.17, 15) is 34.5 Å². The standard InChI is InChI=1S/C44H83N3O9/c1-4-6-8-10-12-14-16-17-18-19-20-21-23-25-27-31-38(50)47(33-28-26-24-22-15-13-11-9-7-5-2)44-40(42(54)41(53)36(34-48)56-44)46-43(55)35(3)45-37(49)30-29-32-39(51)52/h35-36,40-42,44,48,53-54H,4-34H2,1-3H3,(H,45,49)(H,46,55)(H,51,52)/t35-,36+,40-,41+,42+,44+/m0/s1. The van der Waals surface area contributed by atoms with Crippen LogP contribution < -0.4 is 10.6 Å². The molecular formula is C44H83N3O9. The lowest BCUT2D eigenvalue weighted by Crippen LogP contribution is -2.69. The number of aliphatic hydroxyl groups excluding tert-OH is 3. The van der Waals surface area contributed by atoms with Crippen LogP contribution in [-0.2, 0) is 23.9 Å². The Labute approximate surface area is 339 Å². The Bertz CT molecular complexity index is 1030. The number of rotatable bonds is 36. The topological polar surface area (TPSA) is 186 Å². The predicted octanol–water partition coefficient (Wildman–Crippen LogP) is 7.68. The van der Waals surface area contributed by atoms with Gasteiger partial charge in [-0.15, -0.1) is 0 Å². The zero-order valence-corrected chi connectivity index (χ0v) is 35.7. The van der Waals surface area contributed by atoms with Crippen LogP contribution in [0.1, 0.15) is 207 Å². The number of nitrogens with one attached hydrogen (secondary N) is 2. The Kier molecular flexibility index (Phi) is 31.1. The van der Waals surface area contributed by atoms with Crippen LogP contribution in [0.3, 0.4) is 0 Å². The number of carbonyl (C=O) groups is 4. The molecule has 0 unspecified atom stereocenters. The van der Waals surface area contributed by atoms with Gasteiger partial charge >= 0.3 is 5.97 Å². The molecule has 6 atom stereocenters. The molecule has 1 rings (SSSR count). The van der Waals surface area contributed by atoms with Gasteiger partial charge in [0.2, 0.25) is 17.7 Å². The highest BCUT2D eigenvalue weighted by Crippen LogP contribution is 2.26. The molecule has 0 bridgehead atoms. The largest absolute Gasteiger partial charge is 0.481 e. The van der Waals surface area contributed by atoms with E-state index in [1.165, 1.54) is 116 Å². The summed E-state index contributed by atoms with van der Waals surface area (Å²) >= 11 is 0. The van der Waals surface area contributed by atoms with E-state index in [0.29, 0.717) is 19.4 Å². The molecule has 12 heteroatoms. The third-order valence-electron chi connectivity index (χ3n) is 11.1. The van der Waals surface area contributed by atoms with Crippen molar-refractivity contribution in [3.05, 3.63) is 0 Å². The molecule has 1 aliphatic heterocycles. The quantitative estimate of drug-likeness (QED) is 0.0346. The minimum atomic E-state index is -1.55. The highest BCUT2D eigenvalue weighted by atomic mass is 16.5. The van der Waals surface area contributed by atoms with Crippen molar-refractivity contribution < 1.29 is 44.3 Å². The van der Waals surface area contributed by atoms with Gasteiger partial charge < -0.3 is 40.7 Å². The summed E-state index contributed by atoms with van der Waals surface area (Å²) in [6, 6.07) is -2.26. The molecule has 1 fully saturated rings. The summed E-state index contributed by atoms with van der Waals surface area (Å²) in [6.07, 6.45) is 24.3. The van der Waals surface area contributed by atoms with Gasteiger partial charge in [-0.2, -0.15) is 0 Å². The van der Waals surface area contributed by atoms with Crippen molar-refractivity contribution in [1.29, 1.82) is 0 Å². The Hall–Kier alpha value is -2.28. The molecule has 0 spiro atoms. The van der Waals surface area contributed by atoms with Crippen LogP contribution in [0.4, 0.5) is 0 Å². The van der Waals surface area contributed by atoms with Crippen LogP contribution in [-0.4, -0.2) is 98.8 Å². The first-order chi connectivity index (χ1) is 27.1. The lowest BCUT2D eigenvalue weighted by Gasteiger charge is -2.47. The van der Waals surface area contributed by atoms with Gasteiger partial charge in [-0.1, -0.05) is 162 Å². The first-order valence-corrected chi connectivity index (χ1v) is 22.8. The number of carboxylic acids is 1. The summed E-state index contributed by atoms with van der Waals surface area (Å²) in [6.45, 7) is 5.68. The van der Waals surface area contributed by atoms with Crippen LogP contribution in [0.25, 0.3) is 0 Å². The smallest absolute Gasteiger partial charge is 0.303 e. The number of hydrogen-bond donors (Lipinski definition) is 6. The molecule has 56 heavy (non-hydrogen) atoms.